The average molecular weight is 331 g/mol. The first kappa shape index (κ1) is 15.8. The van der Waals surface area contributed by atoms with Gasteiger partial charge in [0.25, 0.3) is 5.56 Å². The van der Waals surface area contributed by atoms with Crippen LogP contribution in [0.2, 0.25) is 0 Å². The van der Waals surface area contributed by atoms with Crippen LogP contribution in [0.4, 0.5) is 0 Å². The summed E-state index contributed by atoms with van der Waals surface area (Å²) < 4.78 is 0. The van der Waals surface area contributed by atoms with Gasteiger partial charge in [-0.15, -0.1) is 0 Å². The monoisotopic (exact) mass is 331 g/mol. The van der Waals surface area contributed by atoms with E-state index in [9.17, 15) is 4.79 Å². The molecular weight excluding hydrogens is 310 g/mol. The van der Waals surface area contributed by atoms with Crippen molar-refractivity contribution in [3.05, 3.63) is 82.4 Å². The zero-order chi connectivity index (χ0) is 17.2. The Balaban J connectivity index is 1.57. The Morgan fingerprint density at radius 3 is 2.60 bits per heavy atom. The lowest BCUT2D eigenvalue weighted by Crippen LogP contribution is -2.33. The van der Waals surface area contributed by atoms with Crippen molar-refractivity contribution < 1.29 is 0 Å². The molecule has 4 heteroatoms. The molecule has 0 bridgehead atoms. The summed E-state index contributed by atoms with van der Waals surface area (Å²) in [7, 11) is 0. The predicted octanol–water partition coefficient (Wildman–Crippen LogP) is 3.77. The summed E-state index contributed by atoms with van der Waals surface area (Å²) >= 11 is 0. The van der Waals surface area contributed by atoms with Gasteiger partial charge in [0.15, 0.2) is 0 Å². The molecule has 1 atom stereocenters. The van der Waals surface area contributed by atoms with Crippen molar-refractivity contribution in [2.24, 2.45) is 0 Å². The number of H-pyrrole nitrogens is 1. The fraction of sp³-hybridized carbons (Fsp3) is 0.238. The van der Waals surface area contributed by atoms with Gasteiger partial charge in [0.05, 0.1) is 16.9 Å². The second-order valence-electron chi connectivity index (χ2n) is 6.48. The molecule has 25 heavy (non-hydrogen) atoms. The van der Waals surface area contributed by atoms with E-state index in [0.717, 1.165) is 30.9 Å². The van der Waals surface area contributed by atoms with Crippen molar-refractivity contribution in [2.45, 2.75) is 19.4 Å². The lowest BCUT2D eigenvalue weighted by atomic mass is 9.99. The summed E-state index contributed by atoms with van der Waals surface area (Å²) in [4.78, 5) is 22.3. The standard InChI is InChI=1S/C21H21N3O/c1-15(20-22-19-10-6-5-9-18(19)21(25)23-20)24-13-11-17(12-14-24)16-7-3-2-4-8-16/h2-11,15H,12-14H2,1H3,(H,22,23,25)/t15-/m0/s1. The third-order valence-corrected chi connectivity index (χ3v) is 4.96. The second-order valence-corrected chi connectivity index (χ2v) is 6.48. The van der Waals surface area contributed by atoms with Gasteiger partial charge in [-0.2, -0.15) is 0 Å². The number of rotatable bonds is 3. The Bertz CT molecular complexity index is 975. The summed E-state index contributed by atoms with van der Waals surface area (Å²) in [6.07, 6.45) is 3.29. The summed E-state index contributed by atoms with van der Waals surface area (Å²) in [6.45, 7) is 3.93. The fourth-order valence-electron chi connectivity index (χ4n) is 3.43. The number of benzene rings is 2. The first-order chi connectivity index (χ1) is 12.2. The van der Waals surface area contributed by atoms with E-state index >= 15 is 0 Å². The Kier molecular flexibility index (Phi) is 4.20. The number of nitrogens with zero attached hydrogens (tertiary/aromatic N) is 2. The van der Waals surface area contributed by atoms with Crippen molar-refractivity contribution >= 4 is 16.5 Å². The van der Waals surface area contributed by atoms with E-state index in [1.807, 2.05) is 30.3 Å². The number of hydrogen-bond acceptors (Lipinski definition) is 3. The van der Waals surface area contributed by atoms with Crippen molar-refractivity contribution in [3.8, 4) is 0 Å². The van der Waals surface area contributed by atoms with Crippen LogP contribution in [0.5, 0.6) is 0 Å². The molecule has 2 aromatic carbocycles. The Labute approximate surface area is 146 Å². The third-order valence-electron chi connectivity index (χ3n) is 4.96. The van der Waals surface area contributed by atoms with Crippen molar-refractivity contribution in [1.29, 1.82) is 0 Å². The lowest BCUT2D eigenvalue weighted by Gasteiger charge is -2.31. The molecule has 0 saturated heterocycles. The molecule has 2 heterocycles. The highest BCUT2D eigenvalue weighted by Crippen LogP contribution is 2.26. The molecule has 1 aromatic heterocycles. The van der Waals surface area contributed by atoms with Crippen molar-refractivity contribution in [3.63, 3.8) is 0 Å². The largest absolute Gasteiger partial charge is 0.309 e. The maximum atomic E-state index is 12.3. The summed E-state index contributed by atoms with van der Waals surface area (Å²) in [5, 5.41) is 0.642. The van der Waals surface area contributed by atoms with Crippen LogP contribution in [0.15, 0.2) is 65.5 Å². The topological polar surface area (TPSA) is 49.0 Å². The Hall–Kier alpha value is -2.72. The molecule has 0 saturated carbocycles. The van der Waals surface area contributed by atoms with Crippen LogP contribution in [0.1, 0.15) is 30.8 Å². The second kappa shape index (κ2) is 6.65. The zero-order valence-corrected chi connectivity index (χ0v) is 14.3. The van der Waals surface area contributed by atoms with Crippen LogP contribution in [-0.4, -0.2) is 28.0 Å². The van der Waals surface area contributed by atoms with Gasteiger partial charge in [-0.1, -0.05) is 48.5 Å². The highest BCUT2D eigenvalue weighted by Gasteiger charge is 2.21. The Morgan fingerprint density at radius 1 is 1.08 bits per heavy atom. The summed E-state index contributed by atoms with van der Waals surface area (Å²) in [5.41, 5.74) is 3.38. The van der Waals surface area contributed by atoms with Crippen molar-refractivity contribution in [1.82, 2.24) is 14.9 Å². The van der Waals surface area contributed by atoms with Gasteiger partial charge in [-0.3, -0.25) is 9.69 Å². The van der Waals surface area contributed by atoms with E-state index in [4.69, 9.17) is 0 Å². The maximum absolute atomic E-state index is 12.3. The van der Waals surface area contributed by atoms with E-state index in [1.165, 1.54) is 11.1 Å². The first-order valence-electron chi connectivity index (χ1n) is 8.70. The molecule has 0 aliphatic carbocycles. The smallest absolute Gasteiger partial charge is 0.258 e. The highest BCUT2D eigenvalue weighted by molar-refractivity contribution is 5.77. The number of fused-ring (bicyclic) bond motifs is 1. The average Bonchev–Trinajstić information content (AvgIpc) is 2.68. The van der Waals surface area contributed by atoms with Gasteiger partial charge in [-0.25, -0.2) is 4.98 Å². The molecular formula is C21H21N3O. The minimum atomic E-state index is -0.0648. The number of aromatic nitrogens is 2. The fourth-order valence-corrected chi connectivity index (χ4v) is 3.43. The number of para-hydroxylation sites is 1. The minimum absolute atomic E-state index is 0.0648. The molecule has 1 N–H and O–H groups in total. The molecule has 1 aliphatic rings. The number of hydrogen-bond donors (Lipinski definition) is 1. The number of nitrogens with one attached hydrogen (secondary N) is 1. The normalized spacial score (nSPS) is 16.6. The molecule has 0 radical (unpaired) electrons. The van der Waals surface area contributed by atoms with Gasteiger partial charge in [0, 0.05) is 13.1 Å². The van der Waals surface area contributed by atoms with Crippen molar-refractivity contribution in [2.75, 3.05) is 13.1 Å². The van der Waals surface area contributed by atoms with Crippen LogP contribution in [0.3, 0.4) is 0 Å². The predicted molar refractivity (Wildman–Crippen MR) is 101 cm³/mol. The third kappa shape index (κ3) is 3.13. The van der Waals surface area contributed by atoms with Crippen LogP contribution in [0, 0.1) is 0 Å². The molecule has 0 unspecified atom stereocenters. The van der Waals surface area contributed by atoms with E-state index in [1.54, 1.807) is 0 Å². The van der Waals surface area contributed by atoms with E-state index < -0.39 is 0 Å². The van der Waals surface area contributed by atoms with Gasteiger partial charge in [0.1, 0.15) is 5.82 Å². The first-order valence-corrected chi connectivity index (χ1v) is 8.70. The summed E-state index contributed by atoms with van der Waals surface area (Å²) in [5.74, 6) is 0.736. The SMILES string of the molecule is C[C@@H](c1nc2ccccc2c(=O)[nH]1)N1CC=C(c2ccccc2)CC1. The molecule has 4 nitrogen and oxygen atoms in total. The van der Waals surface area contributed by atoms with E-state index in [0.29, 0.717) is 5.39 Å². The van der Waals surface area contributed by atoms with Gasteiger partial charge >= 0.3 is 0 Å². The molecule has 4 rings (SSSR count). The molecule has 0 spiro atoms. The van der Waals surface area contributed by atoms with Gasteiger partial charge < -0.3 is 4.98 Å². The van der Waals surface area contributed by atoms with Gasteiger partial charge in [0.2, 0.25) is 0 Å². The van der Waals surface area contributed by atoms with Gasteiger partial charge in [-0.05, 0) is 36.6 Å². The molecule has 0 fully saturated rings. The van der Waals surface area contributed by atoms with Crippen LogP contribution < -0.4 is 5.56 Å². The van der Waals surface area contributed by atoms with E-state index in [-0.39, 0.29) is 11.6 Å². The lowest BCUT2D eigenvalue weighted by molar-refractivity contribution is 0.225. The van der Waals surface area contributed by atoms with E-state index in [2.05, 4.69) is 52.1 Å². The minimum Gasteiger partial charge on any atom is -0.309 e. The Morgan fingerprint density at radius 2 is 1.84 bits per heavy atom. The molecule has 3 aromatic rings. The quantitative estimate of drug-likeness (QED) is 0.795. The van der Waals surface area contributed by atoms with Crippen LogP contribution in [0.25, 0.3) is 16.5 Å². The molecule has 126 valence electrons. The van der Waals surface area contributed by atoms with Crippen LogP contribution in [-0.2, 0) is 0 Å². The summed E-state index contributed by atoms with van der Waals surface area (Å²) in [6, 6.07) is 18.1. The highest BCUT2D eigenvalue weighted by atomic mass is 16.1. The maximum Gasteiger partial charge on any atom is 0.258 e. The van der Waals surface area contributed by atoms with Crippen LogP contribution >= 0.6 is 0 Å². The number of aromatic amines is 1. The molecule has 0 amide bonds. The zero-order valence-electron chi connectivity index (χ0n) is 14.3. The molecule has 1 aliphatic heterocycles.